The van der Waals surface area contributed by atoms with Gasteiger partial charge < -0.3 is 30.3 Å². The van der Waals surface area contributed by atoms with E-state index in [0.29, 0.717) is 44.1 Å². The van der Waals surface area contributed by atoms with Crippen molar-refractivity contribution in [1.29, 1.82) is 0 Å². The highest BCUT2D eigenvalue weighted by Gasteiger charge is 2.39. The zero-order valence-electron chi connectivity index (χ0n) is 33.7. The summed E-state index contributed by atoms with van der Waals surface area (Å²) >= 11 is 1.44. The molecule has 1 aromatic heterocycles. The molecule has 4 atom stereocenters. The third-order valence-corrected chi connectivity index (χ3v) is 10.9. The number of carbonyl (C=O) groups is 3. The highest BCUT2D eigenvalue weighted by Crippen LogP contribution is 2.29. The predicted octanol–water partition coefficient (Wildman–Crippen LogP) is 4.98. The standard InChI is InChI=1S/C41H60N6O7S/c1-26(2)36(47(40(51)52)23-30-21-42-39(55-30)27(3)4)38(50)43-31(19-28-13-11-10-12-14-28)33(48)25-46-18-17-45(24-32(46)37(49)44-41(5,6)7)22-29-15-16-34(53-8)35(20-29)54-9/h10-16,20-21,26-27,31-33,36,48H,17-19,22-25H2,1-9H3,(H,43,50)(H,44,49)(H,51,52)/t31-,32-,33+,36-/m0/s1. The van der Waals surface area contributed by atoms with Gasteiger partial charge in [0.15, 0.2) is 11.5 Å². The van der Waals surface area contributed by atoms with Gasteiger partial charge in [0.05, 0.1) is 37.9 Å². The van der Waals surface area contributed by atoms with Crippen LogP contribution in [-0.2, 0) is 29.1 Å². The molecule has 3 aromatic rings. The number of thiazole rings is 1. The smallest absolute Gasteiger partial charge is 0.408 e. The van der Waals surface area contributed by atoms with Crippen molar-refractivity contribution in [3.05, 3.63) is 75.7 Å². The second kappa shape index (κ2) is 19.6. The number of hydrogen-bond donors (Lipinski definition) is 4. The third-order valence-electron chi connectivity index (χ3n) is 9.62. The Labute approximate surface area is 330 Å². The molecule has 4 rings (SSSR count). The average molecular weight is 781 g/mol. The fourth-order valence-corrected chi connectivity index (χ4v) is 7.80. The van der Waals surface area contributed by atoms with Crippen LogP contribution in [0.25, 0.3) is 0 Å². The number of carbonyl (C=O) groups excluding carboxylic acids is 2. The van der Waals surface area contributed by atoms with Crippen molar-refractivity contribution < 1.29 is 34.1 Å². The Morgan fingerprint density at radius 3 is 2.27 bits per heavy atom. The van der Waals surface area contributed by atoms with Crippen molar-refractivity contribution in [2.45, 2.75) is 104 Å². The number of aliphatic hydroxyl groups excluding tert-OH is 1. The zero-order valence-corrected chi connectivity index (χ0v) is 34.6. The van der Waals surface area contributed by atoms with Gasteiger partial charge in [0.1, 0.15) is 12.1 Å². The molecule has 0 unspecified atom stereocenters. The van der Waals surface area contributed by atoms with Gasteiger partial charge >= 0.3 is 6.09 Å². The zero-order chi connectivity index (χ0) is 40.4. The molecule has 302 valence electrons. The van der Waals surface area contributed by atoms with Crippen molar-refractivity contribution in [3.63, 3.8) is 0 Å². The van der Waals surface area contributed by atoms with E-state index in [0.717, 1.165) is 25.9 Å². The van der Waals surface area contributed by atoms with E-state index in [4.69, 9.17) is 9.47 Å². The summed E-state index contributed by atoms with van der Waals surface area (Å²) in [6.45, 7) is 15.7. The number of piperazine rings is 1. The van der Waals surface area contributed by atoms with E-state index in [2.05, 4.69) is 20.5 Å². The first-order chi connectivity index (χ1) is 26.0. The molecule has 0 radical (unpaired) electrons. The van der Waals surface area contributed by atoms with Crippen LogP contribution in [0.4, 0.5) is 4.79 Å². The molecule has 0 aliphatic carbocycles. The van der Waals surface area contributed by atoms with E-state index in [-0.39, 0.29) is 30.8 Å². The first kappa shape index (κ1) is 43.5. The number of amides is 3. The minimum Gasteiger partial charge on any atom is -0.493 e. The summed E-state index contributed by atoms with van der Waals surface area (Å²) in [5.74, 6) is 0.451. The third kappa shape index (κ3) is 12.4. The van der Waals surface area contributed by atoms with Crippen LogP contribution in [0.1, 0.15) is 75.4 Å². The van der Waals surface area contributed by atoms with Gasteiger partial charge in [-0.3, -0.25) is 24.3 Å². The molecule has 1 aliphatic rings. The topological polar surface area (TPSA) is 157 Å². The molecular formula is C41H60N6O7S. The molecule has 55 heavy (non-hydrogen) atoms. The first-order valence-corrected chi connectivity index (χ1v) is 19.8. The number of benzene rings is 2. The lowest BCUT2D eigenvalue weighted by Gasteiger charge is -2.43. The number of β-amino-alcohol motifs (C(OH)–C–C–N with tert-alkyl or cyclic N) is 1. The Balaban J connectivity index is 1.57. The van der Waals surface area contributed by atoms with Crippen LogP contribution in [0.2, 0.25) is 0 Å². The second-order valence-corrected chi connectivity index (χ2v) is 17.1. The van der Waals surface area contributed by atoms with Gasteiger partial charge in [-0.2, -0.15) is 0 Å². The molecule has 0 saturated carbocycles. The molecule has 1 aliphatic heterocycles. The van der Waals surface area contributed by atoms with Gasteiger partial charge in [0, 0.05) is 55.3 Å². The highest BCUT2D eigenvalue weighted by molar-refractivity contribution is 7.11. The SMILES string of the molecule is COc1ccc(CN2CCN(C[C@@H](O)[C@H](Cc3ccccc3)NC(=O)[C@H](C(C)C)N(Cc3cnc(C(C)C)s3)C(=O)O)[C@H](C(=O)NC(C)(C)C)C2)cc1OC. The monoisotopic (exact) mass is 780 g/mol. The number of nitrogens with one attached hydrogen (secondary N) is 2. The van der Waals surface area contributed by atoms with E-state index in [1.807, 2.05) is 102 Å². The summed E-state index contributed by atoms with van der Waals surface area (Å²) in [5, 5.41) is 29.5. The number of nitrogens with zero attached hydrogens (tertiary/aromatic N) is 4. The molecule has 0 bridgehead atoms. The van der Waals surface area contributed by atoms with E-state index in [1.165, 1.54) is 11.3 Å². The minimum absolute atomic E-state index is 0.0139. The lowest BCUT2D eigenvalue weighted by Crippen LogP contribution is -2.63. The Bertz CT molecular complexity index is 1710. The van der Waals surface area contributed by atoms with Crippen LogP contribution in [0, 0.1) is 5.92 Å². The number of methoxy groups -OCH3 is 2. The second-order valence-electron chi connectivity index (χ2n) is 16.0. The normalized spacial score (nSPS) is 17.1. The number of carboxylic acid groups (broad SMARTS) is 1. The summed E-state index contributed by atoms with van der Waals surface area (Å²) in [5.41, 5.74) is 1.43. The van der Waals surface area contributed by atoms with Gasteiger partial charge in [-0.15, -0.1) is 11.3 Å². The number of ether oxygens (including phenoxy) is 2. The number of aromatic nitrogens is 1. The van der Waals surface area contributed by atoms with Gasteiger partial charge in [-0.05, 0) is 56.4 Å². The molecule has 3 amide bonds. The Kier molecular flexibility index (Phi) is 15.5. The highest BCUT2D eigenvalue weighted by atomic mass is 32.1. The van der Waals surface area contributed by atoms with Crippen LogP contribution >= 0.6 is 11.3 Å². The average Bonchev–Trinajstić information content (AvgIpc) is 3.60. The van der Waals surface area contributed by atoms with Crippen LogP contribution in [0.5, 0.6) is 11.5 Å². The van der Waals surface area contributed by atoms with Gasteiger partial charge in [0.2, 0.25) is 11.8 Å². The van der Waals surface area contributed by atoms with Crippen molar-refractivity contribution in [3.8, 4) is 11.5 Å². The Hall–Kier alpha value is -4.24. The lowest BCUT2D eigenvalue weighted by molar-refractivity contribution is -0.133. The van der Waals surface area contributed by atoms with E-state index in [9.17, 15) is 24.6 Å². The van der Waals surface area contributed by atoms with Crippen molar-refractivity contribution in [1.82, 2.24) is 30.3 Å². The fourth-order valence-electron chi connectivity index (χ4n) is 6.88. The molecule has 0 spiro atoms. The molecule has 14 heteroatoms. The number of rotatable bonds is 17. The van der Waals surface area contributed by atoms with Gasteiger partial charge in [0.25, 0.3) is 0 Å². The van der Waals surface area contributed by atoms with Crippen LogP contribution in [0.15, 0.2) is 54.7 Å². The molecular weight excluding hydrogens is 721 g/mol. The van der Waals surface area contributed by atoms with Gasteiger partial charge in [-0.1, -0.05) is 64.1 Å². The van der Waals surface area contributed by atoms with Crippen molar-refractivity contribution in [2.24, 2.45) is 5.92 Å². The van der Waals surface area contributed by atoms with Crippen LogP contribution < -0.4 is 20.1 Å². The maximum atomic E-state index is 14.2. The summed E-state index contributed by atoms with van der Waals surface area (Å²) in [4.78, 5) is 51.3. The summed E-state index contributed by atoms with van der Waals surface area (Å²) in [6.07, 6.45) is -0.330. The van der Waals surface area contributed by atoms with Crippen LogP contribution in [-0.4, -0.2) is 118 Å². The largest absolute Gasteiger partial charge is 0.493 e. The fraction of sp³-hybridized carbons (Fsp3) is 0.561. The summed E-state index contributed by atoms with van der Waals surface area (Å²) in [6, 6.07) is 12.9. The Morgan fingerprint density at radius 2 is 1.69 bits per heavy atom. The van der Waals surface area contributed by atoms with E-state index < -0.39 is 41.8 Å². The molecule has 1 saturated heterocycles. The molecule has 4 N–H and O–H groups in total. The minimum atomic E-state index is -1.22. The van der Waals surface area contributed by atoms with Crippen molar-refractivity contribution in [2.75, 3.05) is 40.4 Å². The molecule has 2 heterocycles. The Morgan fingerprint density at radius 1 is 1.00 bits per heavy atom. The van der Waals surface area contributed by atoms with E-state index >= 15 is 0 Å². The first-order valence-electron chi connectivity index (χ1n) is 18.9. The lowest BCUT2D eigenvalue weighted by atomic mass is 9.97. The maximum absolute atomic E-state index is 14.2. The predicted molar refractivity (Wildman–Crippen MR) is 215 cm³/mol. The molecule has 1 fully saturated rings. The van der Waals surface area contributed by atoms with Gasteiger partial charge in [-0.25, -0.2) is 9.78 Å². The van der Waals surface area contributed by atoms with E-state index in [1.54, 1.807) is 20.4 Å². The van der Waals surface area contributed by atoms with Crippen molar-refractivity contribution >= 4 is 29.2 Å². The quantitative estimate of drug-likeness (QED) is 0.147. The molecule has 2 aromatic carbocycles. The molecule has 13 nitrogen and oxygen atoms in total. The maximum Gasteiger partial charge on any atom is 0.408 e. The van der Waals surface area contributed by atoms with Crippen LogP contribution in [0.3, 0.4) is 0 Å². The summed E-state index contributed by atoms with van der Waals surface area (Å²) in [7, 11) is 3.20. The number of aliphatic hydroxyl groups is 1. The summed E-state index contributed by atoms with van der Waals surface area (Å²) < 4.78 is 10.9. The number of hydrogen-bond acceptors (Lipinski definition) is 10.